The van der Waals surface area contributed by atoms with E-state index in [1.165, 1.54) is 0 Å². The van der Waals surface area contributed by atoms with Crippen molar-refractivity contribution in [3.63, 3.8) is 0 Å². The van der Waals surface area contributed by atoms with Crippen LogP contribution in [-0.4, -0.2) is 51.5 Å². The molecule has 19 heavy (non-hydrogen) atoms. The zero-order valence-corrected chi connectivity index (χ0v) is 10.9. The Morgan fingerprint density at radius 2 is 2.16 bits per heavy atom. The predicted octanol–water partition coefficient (Wildman–Crippen LogP) is 0.851. The first kappa shape index (κ1) is 13.9. The molecule has 1 unspecified atom stereocenters. The van der Waals surface area contributed by atoms with E-state index >= 15 is 0 Å². The van der Waals surface area contributed by atoms with Gasteiger partial charge in [-0.1, -0.05) is 0 Å². The molecule has 0 radical (unpaired) electrons. The number of ether oxygens (including phenoxy) is 4. The van der Waals surface area contributed by atoms with Gasteiger partial charge in [0.2, 0.25) is 6.79 Å². The number of hydrogen-bond donors (Lipinski definition) is 2. The van der Waals surface area contributed by atoms with Gasteiger partial charge in [-0.25, -0.2) is 0 Å². The first-order valence-corrected chi connectivity index (χ1v) is 6.18. The van der Waals surface area contributed by atoms with Crippen molar-refractivity contribution in [2.24, 2.45) is 0 Å². The molecule has 6 heteroatoms. The second-order valence-electron chi connectivity index (χ2n) is 4.17. The van der Waals surface area contributed by atoms with Gasteiger partial charge < -0.3 is 29.4 Å². The molecule has 0 fully saturated rings. The van der Waals surface area contributed by atoms with Crippen LogP contribution in [-0.2, 0) is 9.47 Å². The fraction of sp³-hybridized carbons (Fsp3) is 0.538. The fourth-order valence-electron chi connectivity index (χ4n) is 1.66. The smallest absolute Gasteiger partial charge is 0.231 e. The molecule has 1 aliphatic rings. The topological polar surface area (TPSA) is 69.2 Å². The van der Waals surface area contributed by atoms with Gasteiger partial charge in [-0.15, -0.1) is 0 Å². The number of aliphatic hydroxyl groups is 1. The van der Waals surface area contributed by atoms with Gasteiger partial charge in [0.15, 0.2) is 11.5 Å². The summed E-state index contributed by atoms with van der Waals surface area (Å²) >= 11 is 0. The Labute approximate surface area is 112 Å². The summed E-state index contributed by atoms with van der Waals surface area (Å²) in [4.78, 5) is 0. The summed E-state index contributed by atoms with van der Waals surface area (Å²) in [7, 11) is 1.61. The Balaban J connectivity index is 1.70. The molecule has 0 aliphatic carbocycles. The van der Waals surface area contributed by atoms with Crippen molar-refractivity contribution in [2.75, 3.05) is 45.6 Å². The van der Waals surface area contributed by atoms with E-state index in [-0.39, 0.29) is 13.4 Å². The number of benzene rings is 1. The Morgan fingerprint density at radius 3 is 3.00 bits per heavy atom. The molecule has 0 saturated carbocycles. The van der Waals surface area contributed by atoms with Crippen LogP contribution in [0.4, 0.5) is 5.69 Å². The molecule has 1 aliphatic heterocycles. The lowest BCUT2D eigenvalue weighted by atomic mass is 10.2. The summed E-state index contributed by atoms with van der Waals surface area (Å²) in [5.74, 6) is 1.46. The van der Waals surface area contributed by atoms with E-state index in [9.17, 15) is 5.11 Å². The molecule has 0 spiro atoms. The minimum atomic E-state index is -0.567. The maximum Gasteiger partial charge on any atom is 0.231 e. The number of nitrogens with one attached hydrogen (secondary N) is 1. The normalized spacial score (nSPS) is 14.4. The van der Waals surface area contributed by atoms with E-state index in [2.05, 4.69) is 5.32 Å². The maximum absolute atomic E-state index is 9.72. The van der Waals surface area contributed by atoms with Crippen molar-refractivity contribution < 1.29 is 24.1 Å². The molecule has 1 heterocycles. The summed E-state index contributed by atoms with van der Waals surface area (Å²) in [6.07, 6.45) is -0.567. The van der Waals surface area contributed by atoms with Gasteiger partial charge in [-0.3, -0.25) is 0 Å². The molecular formula is C13H19NO5. The summed E-state index contributed by atoms with van der Waals surface area (Å²) in [6.45, 7) is 1.96. The van der Waals surface area contributed by atoms with Gasteiger partial charge in [0.1, 0.15) is 0 Å². The van der Waals surface area contributed by atoms with Crippen molar-refractivity contribution in [2.45, 2.75) is 6.10 Å². The van der Waals surface area contributed by atoms with Crippen LogP contribution in [0.5, 0.6) is 11.5 Å². The lowest BCUT2D eigenvalue weighted by molar-refractivity contribution is 0.0182. The molecule has 1 atom stereocenters. The number of aliphatic hydroxyl groups excluding tert-OH is 1. The first-order valence-electron chi connectivity index (χ1n) is 6.18. The molecule has 1 aromatic carbocycles. The van der Waals surface area contributed by atoms with Gasteiger partial charge in [-0.2, -0.15) is 0 Å². The maximum atomic E-state index is 9.72. The minimum Gasteiger partial charge on any atom is -0.454 e. The molecule has 6 nitrogen and oxygen atoms in total. The van der Waals surface area contributed by atoms with E-state index in [0.29, 0.717) is 19.8 Å². The van der Waals surface area contributed by atoms with Crippen LogP contribution in [0.1, 0.15) is 0 Å². The highest BCUT2D eigenvalue weighted by Gasteiger charge is 2.13. The minimum absolute atomic E-state index is 0.259. The molecule has 0 amide bonds. The SMILES string of the molecule is COCCOCC(O)CNc1ccc2c(c1)OCO2. The lowest BCUT2D eigenvalue weighted by Crippen LogP contribution is -2.25. The van der Waals surface area contributed by atoms with E-state index < -0.39 is 6.10 Å². The monoisotopic (exact) mass is 269 g/mol. The third-order valence-corrected chi connectivity index (χ3v) is 2.66. The number of fused-ring (bicyclic) bond motifs is 1. The van der Waals surface area contributed by atoms with Crippen LogP contribution < -0.4 is 14.8 Å². The first-order chi connectivity index (χ1) is 9.29. The van der Waals surface area contributed by atoms with E-state index in [1.807, 2.05) is 18.2 Å². The van der Waals surface area contributed by atoms with E-state index in [4.69, 9.17) is 18.9 Å². The highest BCUT2D eigenvalue weighted by atomic mass is 16.7. The quantitative estimate of drug-likeness (QED) is 0.682. The average Bonchev–Trinajstić information content (AvgIpc) is 2.89. The lowest BCUT2D eigenvalue weighted by Gasteiger charge is -2.13. The Bertz CT molecular complexity index is 399. The standard InChI is InChI=1S/C13H19NO5/c1-16-4-5-17-8-11(15)7-14-10-2-3-12-13(6-10)19-9-18-12/h2-3,6,11,14-15H,4-5,7-9H2,1H3. The van der Waals surface area contributed by atoms with Crippen LogP contribution in [0.25, 0.3) is 0 Å². The van der Waals surface area contributed by atoms with Crippen LogP contribution in [0.3, 0.4) is 0 Å². The zero-order chi connectivity index (χ0) is 13.5. The van der Waals surface area contributed by atoms with Crippen LogP contribution in [0, 0.1) is 0 Å². The zero-order valence-electron chi connectivity index (χ0n) is 10.9. The van der Waals surface area contributed by atoms with Gasteiger partial charge >= 0.3 is 0 Å². The summed E-state index contributed by atoms with van der Waals surface area (Å²) in [6, 6.07) is 5.57. The molecule has 0 saturated heterocycles. The number of anilines is 1. The third kappa shape index (κ3) is 4.27. The second kappa shape index (κ2) is 7.18. The van der Waals surface area contributed by atoms with Crippen molar-refractivity contribution in [1.82, 2.24) is 0 Å². The van der Waals surface area contributed by atoms with Crippen molar-refractivity contribution in [3.8, 4) is 11.5 Å². The summed E-state index contributed by atoms with van der Waals surface area (Å²) < 4.78 is 20.6. The average molecular weight is 269 g/mol. The molecule has 2 rings (SSSR count). The molecule has 1 aromatic rings. The number of hydrogen-bond acceptors (Lipinski definition) is 6. The molecular weight excluding hydrogens is 250 g/mol. The Morgan fingerprint density at radius 1 is 1.32 bits per heavy atom. The third-order valence-electron chi connectivity index (χ3n) is 2.66. The molecule has 0 aromatic heterocycles. The Hall–Kier alpha value is -1.50. The van der Waals surface area contributed by atoms with E-state index in [0.717, 1.165) is 17.2 Å². The highest BCUT2D eigenvalue weighted by Crippen LogP contribution is 2.34. The van der Waals surface area contributed by atoms with Crippen molar-refractivity contribution in [1.29, 1.82) is 0 Å². The van der Waals surface area contributed by atoms with E-state index in [1.54, 1.807) is 7.11 Å². The predicted molar refractivity (Wildman–Crippen MR) is 69.8 cm³/mol. The van der Waals surface area contributed by atoms with Crippen molar-refractivity contribution >= 4 is 5.69 Å². The van der Waals surface area contributed by atoms with Crippen LogP contribution in [0.2, 0.25) is 0 Å². The highest BCUT2D eigenvalue weighted by molar-refractivity contribution is 5.55. The van der Waals surface area contributed by atoms with Gasteiger partial charge in [0, 0.05) is 25.4 Å². The molecule has 0 bridgehead atoms. The summed E-state index contributed by atoms with van der Waals surface area (Å²) in [5, 5.41) is 12.8. The van der Waals surface area contributed by atoms with Crippen molar-refractivity contribution in [3.05, 3.63) is 18.2 Å². The van der Waals surface area contributed by atoms with Gasteiger partial charge in [-0.05, 0) is 12.1 Å². The largest absolute Gasteiger partial charge is 0.454 e. The Kier molecular flexibility index (Phi) is 5.26. The van der Waals surface area contributed by atoms with Gasteiger partial charge in [0.05, 0.1) is 25.9 Å². The fourth-order valence-corrected chi connectivity index (χ4v) is 1.66. The van der Waals surface area contributed by atoms with Gasteiger partial charge in [0.25, 0.3) is 0 Å². The number of methoxy groups -OCH3 is 1. The molecule has 2 N–H and O–H groups in total. The van der Waals surface area contributed by atoms with Crippen LogP contribution >= 0.6 is 0 Å². The second-order valence-corrected chi connectivity index (χ2v) is 4.17. The summed E-state index contributed by atoms with van der Waals surface area (Å²) in [5.41, 5.74) is 0.875. The van der Waals surface area contributed by atoms with Crippen LogP contribution in [0.15, 0.2) is 18.2 Å². The number of rotatable bonds is 8. The molecule has 106 valence electrons.